The first-order valence-corrected chi connectivity index (χ1v) is 10.2. The van der Waals surface area contributed by atoms with Gasteiger partial charge in [-0.05, 0) is 36.8 Å². The minimum atomic E-state index is -4.47. The monoisotopic (exact) mass is 414 g/mol. The van der Waals surface area contributed by atoms with Crippen molar-refractivity contribution in [2.45, 2.75) is 18.6 Å². The molecule has 2 aromatic rings. The molecule has 2 heterocycles. The Bertz CT molecular complexity index is 958. The van der Waals surface area contributed by atoms with Gasteiger partial charge in [0.2, 0.25) is 5.88 Å². The number of amides is 1. The Labute approximate surface area is 159 Å². The Balaban J connectivity index is 1.65. The van der Waals surface area contributed by atoms with Crippen molar-refractivity contribution in [2.24, 2.45) is 0 Å². The zero-order chi connectivity index (χ0) is 20.5. The second kappa shape index (κ2) is 7.42. The van der Waals surface area contributed by atoms with Crippen molar-refractivity contribution in [3.8, 4) is 11.6 Å². The number of aromatic nitrogens is 1. The van der Waals surface area contributed by atoms with Gasteiger partial charge in [-0.2, -0.15) is 13.2 Å². The van der Waals surface area contributed by atoms with Crippen LogP contribution in [0.1, 0.15) is 22.3 Å². The van der Waals surface area contributed by atoms with Gasteiger partial charge >= 0.3 is 6.18 Å². The maximum atomic E-state index is 12.5. The van der Waals surface area contributed by atoms with E-state index in [4.69, 9.17) is 4.74 Å². The Hall–Kier alpha value is -2.62. The van der Waals surface area contributed by atoms with Crippen LogP contribution in [0.2, 0.25) is 0 Å². The van der Waals surface area contributed by atoms with Crippen LogP contribution in [0.15, 0.2) is 42.6 Å². The van der Waals surface area contributed by atoms with Crippen molar-refractivity contribution in [3.05, 3.63) is 53.7 Å². The summed E-state index contributed by atoms with van der Waals surface area (Å²) in [5.74, 6) is -0.00495. The molecular formula is C18H17F3N2O4S. The maximum absolute atomic E-state index is 12.5. The van der Waals surface area contributed by atoms with Gasteiger partial charge in [0.1, 0.15) is 5.75 Å². The fourth-order valence-electron chi connectivity index (χ4n) is 2.84. The van der Waals surface area contributed by atoms with E-state index in [1.807, 2.05) is 0 Å². The molecule has 1 amide bonds. The first kappa shape index (κ1) is 20.1. The molecule has 1 saturated heterocycles. The number of carbonyl (C=O) groups excluding carboxylic acids is 1. The number of sulfone groups is 1. The maximum Gasteiger partial charge on any atom is 0.417 e. The highest BCUT2D eigenvalue weighted by atomic mass is 32.2. The van der Waals surface area contributed by atoms with E-state index in [0.29, 0.717) is 23.9 Å². The number of hydrogen-bond donors (Lipinski definition) is 0. The highest BCUT2D eigenvalue weighted by molar-refractivity contribution is 7.91. The number of rotatable bonds is 4. The smallest absolute Gasteiger partial charge is 0.417 e. The van der Waals surface area contributed by atoms with Gasteiger partial charge in [0.25, 0.3) is 5.91 Å². The van der Waals surface area contributed by atoms with Crippen LogP contribution >= 0.6 is 0 Å². The predicted octanol–water partition coefficient (Wildman–Crippen LogP) is 3.15. The number of alkyl halides is 3. The lowest BCUT2D eigenvalue weighted by atomic mass is 10.1. The van der Waals surface area contributed by atoms with E-state index in [1.165, 1.54) is 29.2 Å². The van der Waals surface area contributed by atoms with Crippen molar-refractivity contribution >= 4 is 15.7 Å². The molecule has 0 N–H and O–H groups in total. The third kappa shape index (κ3) is 4.61. The zero-order valence-corrected chi connectivity index (χ0v) is 15.6. The minimum absolute atomic E-state index is 0.0136. The molecule has 150 valence electrons. The molecule has 0 radical (unpaired) electrons. The summed E-state index contributed by atoms with van der Waals surface area (Å²) in [6.45, 7) is 0. The van der Waals surface area contributed by atoms with Gasteiger partial charge < -0.3 is 9.64 Å². The summed E-state index contributed by atoms with van der Waals surface area (Å²) >= 11 is 0. The molecule has 0 spiro atoms. The van der Waals surface area contributed by atoms with E-state index in [0.717, 1.165) is 12.1 Å². The molecule has 1 aliphatic heterocycles. The Morgan fingerprint density at radius 2 is 1.86 bits per heavy atom. The second-order valence-electron chi connectivity index (χ2n) is 6.48. The number of hydrogen-bond acceptors (Lipinski definition) is 5. The summed E-state index contributed by atoms with van der Waals surface area (Å²) in [6, 6.07) is 7.60. The number of pyridine rings is 1. The standard InChI is InChI=1S/C18H17F3N2O4S/c1-23(14-8-9-28(25,26)11-14)17(24)12-2-5-15(6-3-12)27-16-7-4-13(10-22-16)18(19,20)21/h2-7,10,14H,8-9,11H2,1H3/t14-/m1/s1. The van der Waals surface area contributed by atoms with E-state index in [2.05, 4.69) is 4.98 Å². The summed E-state index contributed by atoms with van der Waals surface area (Å²) in [7, 11) is -1.54. The van der Waals surface area contributed by atoms with Crippen LogP contribution in [-0.4, -0.2) is 48.8 Å². The fraction of sp³-hybridized carbons (Fsp3) is 0.333. The topological polar surface area (TPSA) is 76.6 Å². The zero-order valence-electron chi connectivity index (χ0n) is 14.8. The van der Waals surface area contributed by atoms with Gasteiger partial charge in [-0.1, -0.05) is 0 Å². The minimum Gasteiger partial charge on any atom is -0.439 e. The third-order valence-electron chi connectivity index (χ3n) is 4.46. The van der Waals surface area contributed by atoms with Crippen molar-refractivity contribution < 1.29 is 31.1 Å². The number of halogens is 3. The summed E-state index contributed by atoms with van der Waals surface area (Å²) in [6.07, 6.45) is -3.39. The molecule has 1 aliphatic rings. The molecule has 0 saturated carbocycles. The number of benzene rings is 1. The summed E-state index contributed by atoms with van der Waals surface area (Å²) in [4.78, 5) is 17.5. The third-order valence-corrected chi connectivity index (χ3v) is 6.21. The lowest BCUT2D eigenvalue weighted by molar-refractivity contribution is -0.137. The number of carbonyl (C=O) groups is 1. The highest BCUT2D eigenvalue weighted by Crippen LogP contribution is 2.30. The molecule has 0 aliphatic carbocycles. The average molecular weight is 414 g/mol. The van der Waals surface area contributed by atoms with Crippen molar-refractivity contribution in [2.75, 3.05) is 18.6 Å². The van der Waals surface area contributed by atoms with E-state index in [-0.39, 0.29) is 29.3 Å². The number of nitrogens with zero attached hydrogens (tertiary/aromatic N) is 2. The van der Waals surface area contributed by atoms with Crippen LogP contribution in [-0.2, 0) is 16.0 Å². The van der Waals surface area contributed by atoms with Gasteiger partial charge in [-0.15, -0.1) is 0 Å². The summed E-state index contributed by atoms with van der Waals surface area (Å²) in [5.41, 5.74) is -0.530. The van der Waals surface area contributed by atoms with Crippen LogP contribution in [0.3, 0.4) is 0 Å². The van der Waals surface area contributed by atoms with Gasteiger partial charge in [-0.3, -0.25) is 4.79 Å². The van der Waals surface area contributed by atoms with Crippen molar-refractivity contribution in [3.63, 3.8) is 0 Å². The predicted molar refractivity (Wildman–Crippen MR) is 94.9 cm³/mol. The van der Waals surface area contributed by atoms with Gasteiger partial charge in [0.05, 0.1) is 17.1 Å². The molecule has 1 aromatic carbocycles. The average Bonchev–Trinajstić information content (AvgIpc) is 3.01. The molecule has 10 heteroatoms. The summed E-state index contributed by atoms with van der Waals surface area (Å²) < 4.78 is 66.1. The van der Waals surface area contributed by atoms with Gasteiger partial charge in [0.15, 0.2) is 9.84 Å². The normalized spacial score (nSPS) is 18.6. The van der Waals surface area contributed by atoms with Crippen molar-refractivity contribution in [1.29, 1.82) is 0 Å². The van der Waals surface area contributed by atoms with Crippen LogP contribution in [0.4, 0.5) is 13.2 Å². The molecule has 0 unspecified atom stereocenters. The molecule has 1 atom stereocenters. The van der Waals surface area contributed by atoms with E-state index in [9.17, 15) is 26.4 Å². The van der Waals surface area contributed by atoms with E-state index in [1.54, 1.807) is 7.05 Å². The second-order valence-corrected chi connectivity index (χ2v) is 8.71. The van der Waals surface area contributed by atoms with Crippen molar-refractivity contribution in [1.82, 2.24) is 9.88 Å². The van der Waals surface area contributed by atoms with Crippen LogP contribution < -0.4 is 4.74 Å². The van der Waals surface area contributed by atoms with Gasteiger partial charge in [-0.25, -0.2) is 13.4 Å². The number of ether oxygens (including phenoxy) is 1. The molecule has 28 heavy (non-hydrogen) atoms. The molecule has 1 aromatic heterocycles. The van der Waals surface area contributed by atoms with Crippen LogP contribution in [0.25, 0.3) is 0 Å². The first-order chi connectivity index (χ1) is 13.0. The van der Waals surface area contributed by atoms with E-state index >= 15 is 0 Å². The molecular weight excluding hydrogens is 397 g/mol. The quantitative estimate of drug-likeness (QED) is 0.768. The van der Waals surface area contributed by atoms with E-state index < -0.39 is 21.6 Å². The lowest BCUT2D eigenvalue weighted by Gasteiger charge is -2.23. The summed E-state index contributed by atoms with van der Waals surface area (Å²) in [5, 5.41) is 0. The van der Waals surface area contributed by atoms with Crippen LogP contribution in [0.5, 0.6) is 11.6 Å². The van der Waals surface area contributed by atoms with Crippen LogP contribution in [0, 0.1) is 0 Å². The molecule has 6 nitrogen and oxygen atoms in total. The molecule has 1 fully saturated rings. The SMILES string of the molecule is CN(C(=O)c1ccc(Oc2ccc(C(F)(F)F)cn2)cc1)[C@@H]1CCS(=O)(=O)C1. The molecule has 0 bridgehead atoms. The lowest BCUT2D eigenvalue weighted by Crippen LogP contribution is -2.37. The highest BCUT2D eigenvalue weighted by Gasteiger charge is 2.33. The first-order valence-electron chi connectivity index (χ1n) is 8.34. The Kier molecular flexibility index (Phi) is 5.33. The fourth-order valence-corrected chi connectivity index (χ4v) is 4.62. The largest absolute Gasteiger partial charge is 0.439 e. The Morgan fingerprint density at radius 1 is 1.18 bits per heavy atom. The van der Waals surface area contributed by atoms with Gasteiger partial charge in [0, 0.05) is 30.9 Å². The molecule has 3 rings (SSSR count). The Morgan fingerprint density at radius 3 is 2.36 bits per heavy atom.